The largest absolute Gasteiger partial charge is 0.312 e. The Morgan fingerprint density at radius 2 is 1.94 bits per heavy atom. The molecule has 2 rings (SSSR count). The van der Waals surface area contributed by atoms with Crippen LogP contribution in [0.1, 0.15) is 47.0 Å². The molecule has 0 aromatic heterocycles. The number of hydrogen-bond donors (Lipinski definition) is 1. The van der Waals surface area contributed by atoms with Crippen molar-refractivity contribution >= 4 is 9.84 Å². The highest BCUT2D eigenvalue weighted by Gasteiger charge is 2.58. The molecule has 1 unspecified atom stereocenters. The minimum absolute atomic E-state index is 0.253. The van der Waals surface area contributed by atoms with Gasteiger partial charge in [-0.3, -0.25) is 0 Å². The third kappa shape index (κ3) is 2.34. The summed E-state index contributed by atoms with van der Waals surface area (Å²) < 4.78 is 23.1. The highest BCUT2D eigenvalue weighted by Crippen LogP contribution is 2.62. The lowest BCUT2D eigenvalue weighted by atomic mass is 9.68. The summed E-state index contributed by atoms with van der Waals surface area (Å²) in [5.41, 5.74) is 0.688. The zero-order valence-corrected chi connectivity index (χ0v) is 12.9. The van der Waals surface area contributed by atoms with Gasteiger partial charge in [0, 0.05) is 18.3 Å². The summed E-state index contributed by atoms with van der Waals surface area (Å²) in [4.78, 5) is 0. The topological polar surface area (TPSA) is 46.2 Å². The lowest BCUT2D eigenvalue weighted by Crippen LogP contribution is -2.51. The van der Waals surface area contributed by atoms with Crippen LogP contribution in [0.15, 0.2) is 0 Å². The zero-order valence-electron chi connectivity index (χ0n) is 12.1. The molecule has 1 N–H and O–H groups in total. The van der Waals surface area contributed by atoms with Crippen molar-refractivity contribution in [3.05, 3.63) is 0 Å². The molecule has 2 aliphatic carbocycles. The monoisotopic (exact) mass is 273 g/mol. The van der Waals surface area contributed by atoms with E-state index in [-0.39, 0.29) is 11.5 Å². The summed E-state index contributed by atoms with van der Waals surface area (Å²) in [6.07, 6.45) is 3.94. The van der Waals surface area contributed by atoms with Crippen LogP contribution in [0.2, 0.25) is 0 Å². The fourth-order valence-corrected chi connectivity index (χ4v) is 5.03. The van der Waals surface area contributed by atoms with Crippen molar-refractivity contribution in [1.82, 2.24) is 5.32 Å². The van der Waals surface area contributed by atoms with Crippen LogP contribution in [-0.4, -0.2) is 32.5 Å². The van der Waals surface area contributed by atoms with Crippen LogP contribution in [0.5, 0.6) is 0 Å². The van der Waals surface area contributed by atoms with Gasteiger partial charge in [-0.1, -0.05) is 27.7 Å². The van der Waals surface area contributed by atoms with E-state index in [9.17, 15) is 8.42 Å². The quantitative estimate of drug-likeness (QED) is 0.835. The van der Waals surface area contributed by atoms with Crippen LogP contribution in [-0.2, 0) is 9.84 Å². The first kappa shape index (κ1) is 14.3. The van der Waals surface area contributed by atoms with Crippen LogP contribution < -0.4 is 5.32 Å². The fraction of sp³-hybridized carbons (Fsp3) is 1.00. The third-order valence-corrected chi connectivity index (χ3v) is 7.18. The molecule has 3 nitrogen and oxygen atoms in total. The van der Waals surface area contributed by atoms with Crippen molar-refractivity contribution in [2.24, 2.45) is 16.7 Å². The molecule has 2 aliphatic rings. The van der Waals surface area contributed by atoms with E-state index in [1.165, 1.54) is 19.3 Å². The molecule has 2 bridgehead atoms. The van der Waals surface area contributed by atoms with E-state index < -0.39 is 9.84 Å². The number of sulfone groups is 1. The van der Waals surface area contributed by atoms with Crippen LogP contribution in [0.4, 0.5) is 0 Å². The molecule has 2 saturated carbocycles. The van der Waals surface area contributed by atoms with Gasteiger partial charge in [0.1, 0.15) is 0 Å². The maximum absolute atomic E-state index is 11.5. The Balaban J connectivity index is 1.97. The molecule has 0 spiro atoms. The summed E-state index contributed by atoms with van der Waals surface area (Å²) in [5, 5.41) is 3.56. The molecule has 3 atom stereocenters. The average Bonchev–Trinajstić information content (AvgIpc) is 2.74. The van der Waals surface area contributed by atoms with Crippen molar-refractivity contribution < 1.29 is 8.42 Å². The minimum atomic E-state index is -2.84. The number of fused-ring (bicyclic) bond motifs is 2. The maximum atomic E-state index is 11.5. The highest BCUT2D eigenvalue weighted by atomic mass is 32.2. The molecular weight excluding hydrogens is 246 g/mol. The van der Waals surface area contributed by atoms with Crippen molar-refractivity contribution in [1.29, 1.82) is 0 Å². The van der Waals surface area contributed by atoms with Crippen molar-refractivity contribution in [2.45, 2.75) is 53.0 Å². The summed E-state index contributed by atoms with van der Waals surface area (Å²) in [6.45, 7) is 9.38. The van der Waals surface area contributed by atoms with Crippen LogP contribution in [0.3, 0.4) is 0 Å². The van der Waals surface area contributed by atoms with Gasteiger partial charge >= 0.3 is 0 Å². The SMILES string of the molecule is CCS(=O)(=O)CCNC1C(C)(C)[C@H]2CC[C@]1(C)C2. The lowest BCUT2D eigenvalue weighted by Gasteiger charge is -2.43. The van der Waals surface area contributed by atoms with Crippen LogP contribution in [0, 0.1) is 16.7 Å². The van der Waals surface area contributed by atoms with Gasteiger partial charge in [0.15, 0.2) is 9.84 Å². The standard InChI is InChI=1S/C14H27NO2S/c1-5-18(16,17)9-8-15-12-13(2,3)11-6-7-14(12,4)10-11/h11-12,15H,5-10H2,1-4H3/t11-,12?,14+/m0/s1. The van der Waals surface area contributed by atoms with E-state index in [1.807, 2.05) is 0 Å². The minimum Gasteiger partial charge on any atom is -0.312 e. The molecule has 2 fully saturated rings. The molecule has 0 aromatic carbocycles. The summed E-state index contributed by atoms with van der Waals surface area (Å²) >= 11 is 0. The first-order chi connectivity index (χ1) is 8.21. The molecule has 0 aliphatic heterocycles. The van der Waals surface area contributed by atoms with Crippen LogP contribution >= 0.6 is 0 Å². The smallest absolute Gasteiger partial charge is 0.151 e. The van der Waals surface area contributed by atoms with Gasteiger partial charge in [-0.25, -0.2) is 8.42 Å². The van der Waals surface area contributed by atoms with E-state index >= 15 is 0 Å². The van der Waals surface area contributed by atoms with E-state index in [2.05, 4.69) is 26.1 Å². The second-order valence-corrected chi connectivity index (χ2v) is 9.51. The molecule has 0 aromatic rings. The Kier molecular flexibility index (Phi) is 3.56. The fourth-order valence-electron chi connectivity index (χ4n) is 4.31. The van der Waals surface area contributed by atoms with E-state index in [0.29, 0.717) is 23.4 Å². The predicted octanol–water partition coefficient (Wildman–Crippen LogP) is 2.23. The molecule has 18 heavy (non-hydrogen) atoms. The van der Waals surface area contributed by atoms with Crippen molar-refractivity contribution in [3.63, 3.8) is 0 Å². The summed E-state index contributed by atoms with van der Waals surface area (Å²) in [6, 6.07) is 0.468. The Labute approximate surface area is 112 Å². The van der Waals surface area contributed by atoms with Gasteiger partial charge in [-0.05, 0) is 36.0 Å². The second-order valence-electron chi connectivity index (χ2n) is 7.04. The van der Waals surface area contributed by atoms with Crippen LogP contribution in [0.25, 0.3) is 0 Å². The Morgan fingerprint density at radius 1 is 1.28 bits per heavy atom. The molecule has 0 radical (unpaired) electrons. The summed E-state index contributed by atoms with van der Waals surface area (Å²) in [5.74, 6) is 1.34. The van der Waals surface area contributed by atoms with E-state index in [4.69, 9.17) is 0 Å². The van der Waals surface area contributed by atoms with Crippen molar-refractivity contribution in [3.8, 4) is 0 Å². The zero-order chi connectivity index (χ0) is 13.6. The van der Waals surface area contributed by atoms with Crippen molar-refractivity contribution in [2.75, 3.05) is 18.1 Å². The Bertz CT molecular complexity index is 411. The van der Waals surface area contributed by atoms with Gasteiger partial charge in [-0.2, -0.15) is 0 Å². The molecule has 0 heterocycles. The van der Waals surface area contributed by atoms with E-state index in [0.717, 1.165) is 5.92 Å². The highest BCUT2D eigenvalue weighted by molar-refractivity contribution is 7.91. The lowest BCUT2D eigenvalue weighted by molar-refractivity contribution is 0.111. The molecule has 106 valence electrons. The second kappa shape index (κ2) is 4.48. The first-order valence-electron chi connectivity index (χ1n) is 7.15. The summed E-state index contributed by atoms with van der Waals surface area (Å²) in [7, 11) is -2.84. The number of nitrogens with one attached hydrogen (secondary N) is 1. The average molecular weight is 273 g/mol. The molecule has 4 heteroatoms. The molecular formula is C14H27NO2S. The van der Waals surface area contributed by atoms with E-state index in [1.54, 1.807) is 6.92 Å². The van der Waals surface area contributed by atoms with Gasteiger partial charge in [0.05, 0.1) is 5.75 Å². The van der Waals surface area contributed by atoms with Gasteiger partial charge in [-0.15, -0.1) is 0 Å². The Hall–Kier alpha value is -0.0900. The first-order valence-corrected chi connectivity index (χ1v) is 8.97. The molecule has 0 amide bonds. The normalized spacial score (nSPS) is 38.2. The predicted molar refractivity (Wildman–Crippen MR) is 75.3 cm³/mol. The van der Waals surface area contributed by atoms with Gasteiger partial charge in [0.2, 0.25) is 0 Å². The maximum Gasteiger partial charge on any atom is 0.151 e. The molecule has 0 saturated heterocycles. The number of hydrogen-bond acceptors (Lipinski definition) is 3. The number of rotatable bonds is 5. The van der Waals surface area contributed by atoms with Gasteiger partial charge in [0.25, 0.3) is 0 Å². The third-order valence-electron chi connectivity index (χ3n) is 5.47. The Morgan fingerprint density at radius 3 is 2.44 bits per heavy atom. The van der Waals surface area contributed by atoms with Gasteiger partial charge < -0.3 is 5.32 Å².